The maximum Gasteiger partial charge on any atom is 0.0624 e. The lowest BCUT2D eigenvalue weighted by Gasteiger charge is -2.32. The minimum atomic E-state index is -0.165. The lowest BCUT2D eigenvalue weighted by Crippen LogP contribution is -2.17. The third-order valence-corrected chi connectivity index (χ3v) is 12.7. The van der Waals surface area contributed by atoms with Crippen LogP contribution in [0.5, 0.6) is 0 Å². The highest BCUT2D eigenvalue weighted by molar-refractivity contribution is 6.22. The van der Waals surface area contributed by atoms with Gasteiger partial charge in [-0.05, 0) is 102 Å². The average molecular weight is 766 g/mol. The van der Waals surface area contributed by atoms with Gasteiger partial charge in [-0.3, -0.25) is 0 Å². The molecule has 0 fully saturated rings. The average Bonchev–Trinajstić information content (AvgIpc) is 3.55. The Hall–Kier alpha value is -7.48. The molecule has 0 aliphatic heterocycles. The Kier molecular flexibility index (Phi) is 8.57. The van der Waals surface area contributed by atoms with E-state index in [1.807, 2.05) is 0 Å². The molecule has 0 radical (unpaired) electrons. The van der Waals surface area contributed by atoms with Crippen molar-refractivity contribution >= 4 is 38.6 Å². The monoisotopic (exact) mass is 765 g/mol. The van der Waals surface area contributed by atoms with Gasteiger partial charge in [-0.2, -0.15) is 0 Å². The van der Waals surface area contributed by atoms with Gasteiger partial charge in [0.2, 0.25) is 0 Å². The zero-order chi connectivity index (χ0) is 40.2. The topological polar surface area (TPSA) is 3.24 Å². The van der Waals surface area contributed by atoms with E-state index in [9.17, 15) is 0 Å². The van der Waals surface area contributed by atoms with Gasteiger partial charge in [-0.1, -0.05) is 214 Å². The van der Waals surface area contributed by atoms with Crippen molar-refractivity contribution in [1.82, 2.24) is 0 Å². The first-order valence-corrected chi connectivity index (χ1v) is 20.9. The van der Waals surface area contributed by atoms with Crippen LogP contribution < -0.4 is 4.90 Å². The van der Waals surface area contributed by atoms with Crippen molar-refractivity contribution in [1.29, 1.82) is 0 Å². The summed E-state index contributed by atoms with van der Waals surface area (Å²) in [5.74, 6) is 0. The molecule has 284 valence electrons. The SMILES string of the molecule is CC1(C)c2ccccc2-c2ccc(N(c3ccc(-c4ccccc4)c(-c4ccccc4)c3)c3c(-c4ccc(-c5ccccc5)cc4)c4ccccc4c4ccccc34)cc21. The Morgan fingerprint density at radius 1 is 0.300 bits per heavy atom. The van der Waals surface area contributed by atoms with E-state index in [1.165, 1.54) is 88.3 Å². The maximum absolute atomic E-state index is 2.55. The Balaban J connectivity index is 1.24. The van der Waals surface area contributed by atoms with Crippen molar-refractivity contribution in [3.63, 3.8) is 0 Å². The van der Waals surface area contributed by atoms with Gasteiger partial charge >= 0.3 is 0 Å². The first-order chi connectivity index (χ1) is 29.5. The molecule has 0 amide bonds. The first-order valence-electron chi connectivity index (χ1n) is 20.9. The minimum absolute atomic E-state index is 0.165. The quantitative estimate of drug-likeness (QED) is 0.146. The van der Waals surface area contributed by atoms with E-state index in [2.05, 4.69) is 243 Å². The van der Waals surface area contributed by atoms with Crippen LogP contribution in [-0.2, 0) is 5.41 Å². The summed E-state index contributed by atoms with van der Waals surface area (Å²) in [4.78, 5) is 2.55. The largest absolute Gasteiger partial charge is 0.309 e. The fraction of sp³-hybridized carbons (Fsp3) is 0.0508. The lowest BCUT2D eigenvalue weighted by atomic mass is 9.82. The molecule has 60 heavy (non-hydrogen) atoms. The molecule has 11 rings (SSSR count). The number of fused-ring (bicyclic) bond motifs is 6. The number of nitrogens with zero attached hydrogens (tertiary/aromatic N) is 1. The van der Waals surface area contributed by atoms with Gasteiger partial charge in [0.15, 0.2) is 0 Å². The van der Waals surface area contributed by atoms with Crippen molar-refractivity contribution in [3.8, 4) is 55.6 Å². The standard InChI is InChI=1S/C59H43N/c1-59(2)55-29-17-16-26-50(55)51-37-35-46(39-56(51)59)60(45-34-36-47(42-20-8-4-9-21-42)54(38-45)43-22-10-5-11-23-43)58-53-28-15-13-25-49(53)48-24-12-14-27-52(48)57(58)44-32-30-41(31-33-44)40-18-6-3-7-19-40/h3-39H,1-2H3. The highest BCUT2D eigenvalue weighted by atomic mass is 15.1. The van der Waals surface area contributed by atoms with Crippen LogP contribution >= 0.6 is 0 Å². The van der Waals surface area contributed by atoms with Crippen LogP contribution in [0.1, 0.15) is 25.0 Å². The van der Waals surface area contributed by atoms with E-state index in [0.717, 1.165) is 17.1 Å². The maximum atomic E-state index is 2.55. The fourth-order valence-electron chi connectivity index (χ4n) is 9.74. The molecule has 0 saturated carbocycles. The van der Waals surface area contributed by atoms with Crippen molar-refractivity contribution in [2.45, 2.75) is 19.3 Å². The van der Waals surface area contributed by atoms with Crippen LogP contribution in [-0.4, -0.2) is 0 Å². The Morgan fingerprint density at radius 3 is 1.42 bits per heavy atom. The van der Waals surface area contributed by atoms with Gasteiger partial charge in [-0.15, -0.1) is 0 Å². The van der Waals surface area contributed by atoms with Gasteiger partial charge in [0.25, 0.3) is 0 Å². The molecule has 0 atom stereocenters. The van der Waals surface area contributed by atoms with Crippen LogP contribution in [0.25, 0.3) is 77.2 Å². The second kappa shape index (κ2) is 14.4. The van der Waals surface area contributed by atoms with Crippen molar-refractivity contribution in [3.05, 3.63) is 236 Å². The van der Waals surface area contributed by atoms with Crippen LogP contribution in [0.15, 0.2) is 224 Å². The summed E-state index contributed by atoms with van der Waals surface area (Å²) < 4.78 is 0. The van der Waals surface area contributed by atoms with Gasteiger partial charge in [0.05, 0.1) is 5.69 Å². The zero-order valence-corrected chi connectivity index (χ0v) is 33.8. The zero-order valence-electron chi connectivity index (χ0n) is 33.8. The van der Waals surface area contributed by atoms with E-state index in [0.29, 0.717) is 0 Å². The molecule has 1 nitrogen and oxygen atoms in total. The molecule has 0 spiro atoms. The van der Waals surface area contributed by atoms with E-state index in [-0.39, 0.29) is 5.41 Å². The smallest absolute Gasteiger partial charge is 0.0624 e. The molecule has 0 saturated heterocycles. The molecule has 0 bridgehead atoms. The normalized spacial score (nSPS) is 12.6. The molecule has 0 aromatic heterocycles. The summed E-state index contributed by atoms with van der Waals surface area (Å²) in [5, 5.41) is 4.90. The molecule has 0 heterocycles. The highest BCUT2D eigenvalue weighted by Crippen LogP contribution is 2.54. The van der Waals surface area contributed by atoms with Crippen LogP contribution in [0.3, 0.4) is 0 Å². The van der Waals surface area contributed by atoms with Crippen LogP contribution in [0.4, 0.5) is 17.1 Å². The molecular weight excluding hydrogens is 723 g/mol. The molecule has 0 unspecified atom stereocenters. The van der Waals surface area contributed by atoms with Crippen molar-refractivity contribution in [2.75, 3.05) is 4.90 Å². The second-order valence-electron chi connectivity index (χ2n) is 16.5. The van der Waals surface area contributed by atoms with E-state index >= 15 is 0 Å². The number of benzene rings is 10. The minimum Gasteiger partial charge on any atom is -0.309 e. The van der Waals surface area contributed by atoms with Crippen molar-refractivity contribution in [2.24, 2.45) is 0 Å². The third-order valence-electron chi connectivity index (χ3n) is 12.7. The van der Waals surface area contributed by atoms with E-state index in [1.54, 1.807) is 0 Å². The fourth-order valence-corrected chi connectivity index (χ4v) is 9.74. The Labute approximate surface area is 352 Å². The summed E-state index contributed by atoms with van der Waals surface area (Å²) >= 11 is 0. The predicted octanol–water partition coefficient (Wildman–Crippen LogP) is 16.4. The van der Waals surface area contributed by atoms with E-state index in [4.69, 9.17) is 0 Å². The van der Waals surface area contributed by atoms with Gasteiger partial charge < -0.3 is 4.90 Å². The molecule has 1 heteroatoms. The Bertz CT molecular complexity index is 3200. The highest BCUT2D eigenvalue weighted by Gasteiger charge is 2.36. The lowest BCUT2D eigenvalue weighted by molar-refractivity contribution is 0.660. The summed E-state index contributed by atoms with van der Waals surface area (Å²) in [6.07, 6.45) is 0. The molecule has 1 aliphatic carbocycles. The number of hydrogen-bond donors (Lipinski definition) is 0. The summed E-state index contributed by atoms with van der Waals surface area (Å²) in [6, 6.07) is 82.6. The molecular formula is C59H43N. The second-order valence-corrected chi connectivity index (χ2v) is 16.5. The number of rotatable bonds is 7. The third kappa shape index (κ3) is 5.85. The molecule has 10 aromatic carbocycles. The summed E-state index contributed by atoms with van der Waals surface area (Å²) in [7, 11) is 0. The van der Waals surface area contributed by atoms with Gasteiger partial charge in [-0.25, -0.2) is 0 Å². The van der Waals surface area contributed by atoms with E-state index < -0.39 is 0 Å². The van der Waals surface area contributed by atoms with Gasteiger partial charge in [0.1, 0.15) is 0 Å². The molecule has 0 N–H and O–H groups in total. The first kappa shape index (κ1) is 35.7. The Morgan fingerprint density at radius 2 is 0.750 bits per heavy atom. The van der Waals surface area contributed by atoms with Crippen LogP contribution in [0.2, 0.25) is 0 Å². The van der Waals surface area contributed by atoms with Gasteiger partial charge in [0, 0.05) is 27.7 Å². The number of hydrogen-bond acceptors (Lipinski definition) is 1. The summed E-state index contributed by atoms with van der Waals surface area (Å²) in [5.41, 5.74) is 18.1. The molecule has 1 aliphatic rings. The summed E-state index contributed by atoms with van der Waals surface area (Å²) in [6.45, 7) is 4.75. The van der Waals surface area contributed by atoms with Crippen LogP contribution in [0, 0.1) is 0 Å². The van der Waals surface area contributed by atoms with Crippen molar-refractivity contribution < 1.29 is 0 Å². The predicted molar refractivity (Wildman–Crippen MR) is 255 cm³/mol. The molecule has 10 aromatic rings. The number of anilines is 3.